The van der Waals surface area contributed by atoms with Crippen molar-refractivity contribution in [2.75, 3.05) is 0 Å². The van der Waals surface area contributed by atoms with Crippen LogP contribution < -0.4 is 20.5 Å². The van der Waals surface area contributed by atoms with Crippen LogP contribution in [0.1, 0.15) is 11.1 Å². The molecule has 0 aliphatic carbocycles. The molecule has 1 heterocycles. The first-order valence-corrected chi connectivity index (χ1v) is 7.59. The molecule has 27 heavy (non-hydrogen) atoms. The van der Waals surface area contributed by atoms with E-state index in [4.69, 9.17) is 5.73 Å². The molecule has 3 N–H and O–H groups in total. The maximum absolute atomic E-state index is 12.7. The van der Waals surface area contributed by atoms with Crippen LogP contribution in [0.25, 0.3) is 0 Å². The van der Waals surface area contributed by atoms with Gasteiger partial charge in [0.1, 0.15) is 11.5 Å². The molecule has 1 unspecified atom stereocenters. The number of benzene rings is 2. The Bertz CT molecular complexity index is 874. The molecule has 0 spiro atoms. The molecule has 142 valence electrons. The number of guanidine groups is 1. The highest BCUT2D eigenvalue weighted by Gasteiger charge is 2.46. The largest absolute Gasteiger partial charge is 0.435 e. The standard InChI is InChI=1S/C17H13F4N3O3/c18-14(19)26-11-6-4-9(5-7-11)17(13(25)23-16(22)24-17)10-2-1-3-12(8-10)27-15(20)21/h1-8,14-15H,(H3,22,23,24,25). The van der Waals surface area contributed by atoms with Crippen LogP contribution in [0.2, 0.25) is 0 Å². The molecule has 0 aromatic heterocycles. The minimum absolute atomic E-state index is 0.117. The highest BCUT2D eigenvalue weighted by atomic mass is 19.3. The average molecular weight is 383 g/mol. The zero-order chi connectivity index (χ0) is 19.6. The topological polar surface area (TPSA) is 85.9 Å². The molecule has 0 fully saturated rings. The Kier molecular flexibility index (Phi) is 4.89. The van der Waals surface area contributed by atoms with E-state index in [1.54, 1.807) is 0 Å². The number of rotatable bonds is 6. The fourth-order valence-corrected chi connectivity index (χ4v) is 2.80. The third-order valence-corrected chi connectivity index (χ3v) is 3.83. The second-order valence-electron chi connectivity index (χ2n) is 5.47. The fourth-order valence-electron chi connectivity index (χ4n) is 2.80. The maximum atomic E-state index is 12.7. The number of alkyl halides is 4. The van der Waals surface area contributed by atoms with E-state index in [9.17, 15) is 22.4 Å². The SMILES string of the molecule is NC1=NC(c2ccc(OC(F)F)cc2)(c2cccc(OC(F)F)c2)C(=O)N1. The first-order chi connectivity index (χ1) is 12.8. The summed E-state index contributed by atoms with van der Waals surface area (Å²) < 4.78 is 58.3. The van der Waals surface area contributed by atoms with Crippen molar-refractivity contribution in [3.63, 3.8) is 0 Å². The third kappa shape index (κ3) is 3.64. The van der Waals surface area contributed by atoms with Gasteiger partial charge in [0.15, 0.2) is 11.5 Å². The van der Waals surface area contributed by atoms with Crippen LogP contribution in [0.3, 0.4) is 0 Å². The summed E-state index contributed by atoms with van der Waals surface area (Å²) in [7, 11) is 0. The van der Waals surface area contributed by atoms with Crippen LogP contribution in [-0.4, -0.2) is 25.1 Å². The summed E-state index contributed by atoms with van der Waals surface area (Å²) in [6, 6.07) is 10.6. The minimum atomic E-state index is -3.05. The average Bonchev–Trinajstić information content (AvgIpc) is 2.90. The molecule has 0 saturated carbocycles. The lowest BCUT2D eigenvalue weighted by Crippen LogP contribution is -2.39. The van der Waals surface area contributed by atoms with Crippen LogP contribution in [0.5, 0.6) is 11.5 Å². The molecule has 2 aromatic carbocycles. The summed E-state index contributed by atoms with van der Waals surface area (Å²) in [5, 5.41) is 2.36. The number of hydrogen-bond donors (Lipinski definition) is 2. The van der Waals surface area contributed by atoms with Crippen molar-refractivity contribution in [1.29, 1.82) is 0 Å². The van der Waals surface area contributed by atoms with Crippen LogP contribution in [0.15, 0.2) is 53.5 Å². The van der Waals surface area contributed by atoms with Crippen molar-refractivity contribution >= 4 is 11.9 Å². The molecule has 1 amide bonds. The van der Waals surface area contributed by atoms with E-state index in [1.807, 2.05) is 0 Å². The summed E-state index contributed by atoms with van der Waals surface area (Å²) in [5.41, 5.74) is 4.43. The number of aliphatic imine (C=N–C) groups is 1. The van der Waals surface area contributed by atoms with Crippen LogP contribution >= 0.6 is 0 Å². The van der Waals surface area contributed by atoms with Gasteiger partial charge in [0.25, 0.3) is 5.91 Å². The molecular formula is C17H13F4N3O3. The van der Waals surface area contributed by atoms with E-state index in [0.717, 1.165) is 0 Å². The van der Waals surface area contributed by atoms with E-state index in [-0.39, 0.29) is 28.6 Å². The monoisotopic (exact) mass is 383 g/mol. The van der Waals surface area contributed by atoms with Gasteiger partial charge in [0, 0.05) is 0 Å². The van der Waals surface area contributed by atoms with Crippen LogP contribution in [0.4, 0.5) is 17.6 Å². The number of nitrogens with one attached hydrogen (secondary N) is 1. The van der Waals surface area contributed by atoms with E-state index in [1.165, 1.54) is 48.5 Å². The lowest BCUT2D eigenvalue weighted by Gasteiger charge is -2.25. The van der Waals surface area contributed by atoms with Gasteiger partial charge in [-0.3, -0.25) is 10.1 Å². The number of carbonyl (C=O) groups is 1. The quantitative estimate of drug-likeness (QED) is 0.751. The molecule has 0 radical (unpaired) electrons. The van der Waals surface area contributed by atoms with E-state index in [0.29, 0.717) is 0 Å². The number of hydrogen-bond acceptors (Lipinski definition) is 5. The smallest absolute Gasteiger partial charge is 0.387 e. The molecule has 1 atom stereocenters. The second-order valence-corrected chi connectivity index (χ2v) is 5.47. The Morgan fingerprint density at radius 1 is 0.926 bits per heavy atom. The number of carbonyl (C=O) groups excluding carboxylic acids is 1. The van der Waals surface area contributed by atoms with Gasteiger partial charge in [-0.05, 0) is 35.4 Å². The predicted molar refractivity (Wildman–Crippen MR) is 86.7 cm³/mol. The lowest BCUT2D eigenvalue weighted by molar-refractivity contribution is -0.122. The summed E-state index contributed by atoms with van der Waals surface area (Å²) in [5.74, 6) is -1.09. The van der Waals surface area contributed by atoms with Gasteiger partial charge in [-0.15, -0.1) is 0 Å². The number of nitrogens with two attached hydrogens (primary N) is 1. The molecule has 0 saturated heterocycles. The van der Waals surface area contributed by atoms with Gasteiger partial charge in [0.2, 0.25) is 0 Å². The zero-order valence-electron chi connectivity index (χ0n) is 13.5. The van der Waals surface area contributed by atoms with Crippen molar-refractivity contribution in [3.05, 3.63) is 59.7 Å². The lowest BCUT2D eigenvalue weighted by atomic mass is 9.83. The predicted octanol–water partition coefficient (Wildman–Crippen LogP) is 2.58. The summed E-state index contributed by atoms with van der Waals surface area (Å²) in [6.45, 7) is -6.05. The maximum Gasteiger partial charge on any atom is 0.387 e. The normalized spacial score (nSPS) is 19.2. The Morgan fingerprint density at radius 3 is 2.11 bits per heavy atom. The first kappa shape index (κ1) is 18.5. The Morgan fingerprint density at radius 2 is 1.56 bits per heavy atom. The third-order valence-electron chi connectivity index (χ3n) is 3.83. The molecule has 2 aromatic rings. The number of amides is 1. The van der Waals surface area contributed by atoms with Crippen LogP contribution in [0, 0.1) is 0 Å². The van der Waals surface area contributed by atoms with Crippen molar-refractivity contribution in [2.45, 2.75) is 18.8 Å². The van der Waals surface area contributed by atoms with Crippen LogP contribution in [-0.2, 0) is 10.3 Å². The van der Waals surface area contributed by atoms with E-state index >= 15 is 0 Å². The van der Waals surface area contributed by atoms with Gasteiger partial charge in [-0.1, -0.05) is 24.3 Å². The second kappa shape index (κ2) is 7.14. The number of nitrogens with zero attached hydrogens (tertiary/aromatic N) is 1. The highest BCUT2D eigenvalue weighted by Crippen LogP contribution is 2.38. The number of halogens is 4. The molecule has 10 heteroatoms. The molecule has 1 aliphatic heterocycles. The van der Waals surface area contributed by atoms with Gasteiger partial charge in [-0.25, -0.2) is 4.99 Å². The molecule has 1 aliphatic rings. The van der Waals surface area contributed by atoms with Crippen molar-refractivity contribution in [2.24, 2.45) is 10.7 Å². The Labute approximate surface area is 150 Å². The molecular weight excluding hydrogens is 370 g/mol. The van der Waals surface area contributed by atoms with Gasteiger partial charge in [-0.2, -0.15) is 17.6 Å². The summed E-state index contributed by atoms with van der Waals surface area (Å²) >= 11 is 0. The molecule has 6 nitrogen and oxygen atoms in total. The fraction of sp³-hybridized carbons (Fsp3) is 0.176. The van der Waals surface area contributed by atoms with Crippen molar-refractivity contribution < 1.29 is 31.8 Å². The summed E-state index contributed by atoms with van der Waals surface area (Å²) in [4.78, 5) is 16.8. The van der Waals surface area contributed by atoms with Gasteiger partial charge >= 0.3 is 13.2 Å². The Hall–Kier alpha value is -3.30. The van der Waals surface area contributed by atoms with Gasteiger partial charge < -0.3 is 15.2 Å². The zero-order valence-corrected chi connectivity index (χ0v) is 13.5. The van der Waals surface area contributed by atoms with Crippen molar-refractivity contribution in [3.8, 4) is 11.5 Å². The van der Waals surface area contributed by atoms with E-state index in [2.05, 4.69) is 19.8 Å². The minimum Gasteiger partial charge on any atom is -0.435 e. The first-order valence-electron chi connectivity index (χ1n) is 7.59. The van der Waals surface area contributed by atoms with Gasteiger partial charge in [0.05, 0.1) is 0 Å². The summed E-state index contributed by atoms with van der Waals surface area (Å²) in [6.07, 6.45) is 0. The molecule has 3 rings (SSSR count). The Balaban J connectivity index is 2.08. The van der Waals surface area contributed by atoms with E-state index < -0.39 is 24.7 Å². The molecule has 0 bridgehead atoms. The highest BCUT2D eigenvalue weighted by molar-refractivity contribution is 6.09. The number of ether oxygens (including phenoxy) is 2. The van der Waals surface area contributed by atoms with Crippen molar-refractivity contribution in [1.82, 2.24) is 5.32 Å².